The van der Waals surface area contributed by atoms with Gasteiger partial charge in [-0.2, -0.15) is 0 Å². The molecule has 0 radical (unpaired) electrons. The molecule has 2 aromatic rings. The Kier molecular flexibility index (Phi) is 3.69. The summed E-state index contributed by atoms with van der Waals surface area (Å²) in [5, 5.41) is 0. The second-order valence-electron chi connectivity index (χ2n) is 6.14. The highest BCUT2D eigenvalue weighted by Gasteiger charge is 2.31. The van der Waals surface area contributed by atoms with Gasteiger partial charge in [-0.15, -0.1) is 0 Å². The molecular formula is C16H20N6O. The number of hydrogen-bond acceptors (Lipinski definition) is 5. The van der Waals surface area contributed by atoms with Gasteiger partial charge in [0.05, 0.1) is 0 Å². The normalized spacial score (nSPS) is 18.8. The van der Waals surface area contributed by atoms with E-state index in [-0.39, 0.29) is 5.92 Å². The van der Waals surface area contributed by atoms with E-state index in [9.17, 15) is 4.79 Å². The van der Waals surface area contributed by atoms with E-state index in [1.807, 2.05) is 21.7 Å². The molecule has 3 heterocycles. The molecule has 7 nitrogen and oxygen atoms in total. The molecule has 0 aromatic carbocycles. The van der Waals surface area contributed by atoms with E-state index in [0.29, 0.717) is 5.91 Å². The monoisotopic (exact) mass is 312 g/mol. The van der Waals surface area contributed by atoms with Crippen molar-refractivity contribution in [1.82, 2.24) is 24.4 Å². The number of carbonyl (C=O) groups is 1. The van der Waals surface area contributed by atoms with Crippen LogP contribution in [0.1, 0.15) is 19.3 Å². The molecule has 0 N–H and O–H groups in total. The zero-order chi connectivity index (χ0) is 15.6. The molecule has 7 heteroatoms. The van der Waals surface area contributed by atoms with Crippen molar-refractivity contribution in [2.75, 3.05) is 31.1 Å². The molecule has 1 saturated carbocycles. The molecule has 2 fully saturated rings. The Morgan fingerprint density at radius 1 is 1.09 bits per heavy atom. The summed E-state index contributed by atoms with van der Waals surface area (Å²) in [6, 6.07) is 1.96. The van der Waals surface area contributed by atoms with Crippen LogP contribution >= 0.6 is 0 Å². The van der Waals surface area contributed by atoms with Gasteiger partial charge < -0.3 is 9.80 Å². The predicted octanol–water partition coefficient (Wildman–Crippen LogP) is 1.11. The van der Waals surface area contributed by atoms with Crippen LogP contribution in [0, 0.1) is 5.92 Å². The number of rotatable bonds is 3. The fraction of sp³-hybridized carbons (Fsp3) is 0.500. The molecule has 1 amide bonds. The van der Waals surface area contributed by atoms with Gasteiger partial charge in [0.2, 0.25) is 5.91 Å². The predicted molar refractivity (Wildman–Crippen MR) is 85.3 cm³/mol. The fourth-order valence-electron chi connectivity index (χ4n) is 3.12. The third kappa shape index (κ3) is 2.78. The van der Waals surface area contributed by atoms with E-state index in [1.165, 1.54) is 6.42 Å². The quantitative estimate of drug-likeness (QED) is 0.849. The molecule has 0 atom stereocenters. The third-order valence-corrected chi connectivity index (χ3v) is 4.78. The van der Waals surface area contributed by atoms with E-state index < -0.39 is 0 Å². The van der Waals surface area contributed by atoms with Crippen LogP contribution in [0.4, 0.5) is 5.82 Å². The van der Waals surface area contributed by atoms with Crippen molar-refractivity contribution in [3.8, 4) is 5.82 Å². The van der Waals surface area contributed by atoms with Crippen molar-refractivity contribution in [3.63, 3.8) is 0 Å². The van der Waals surface area contributed by atoms with Crippen molar-refractivity contribution < 1.29 is 4.79 Å². The van der Waals surface area contributed by atoms with Gasteiger partial charge in [-0.05, 0) is 12.8 Å². The van der Waals surface area contributed by atoms with Crippen LogP contribution in [-0.4, -0.2) is 56.5 Å². The molecule has 23 heavy (non-hydrogen) atoms. The average Bonchev–Trinajstić information content (AvgIpc) is 3.08. The molecule has 4 rings (SSSR count). The van der Waals surface area contributed by atoms with Gasteiger partial charge in [-0.3, -0.25) is 9.36 Å². The molecule has 0 unspecified atom stereocenters. The van der Waals surface area contributed by atoms with Crippen molar-refractivity contribution in [3.05, 3.63) is 31.1 Å². The lowest BCUT2D eigenvalue weighted by molar-refractivity contribution is -0.138. The molecule has 2 aliphatic rings. The average molecular weight is 312 g/mol. The summed E-state index contributed by atoms with van der Waals surface area (Å²) in [4.78, 5) is 29.2. The molecule has 1 aliphatic heterocycles. The van der Waals surface area contributed by atoms with E-state index in [2.05, 4.69) is 19.9 Å². The summed E-state index contributed by atoms with van der Waals surface area (Å²) in [6.07, 6.45) is 10.2. The number of piperazine rings is 1. The number of nitrogens with zero attached hydrogens (tertiary/aromatic N) is 6. The number of aromatic nitrogens is 4. The van der Waals surface area contributed by atoms with E-state index in [1.54, 1.807) is 18.9 Å². The van der Waals surface area contributed by atoms with Crippen LogP contribution < -0.4 is 4.90 Å². The molecule has 1 saturated heterocycles. The number of amides is 1. The smallest absolute Gasteiger partial charge is 0.225 e. The highest BCUT2D eigenvalue weighted by atomic mass is 16.2. The minimum atomic E-state index is 0.286. The lowest BCUT2D eigenvalue weighted by Crippen LogP contribution is -2.51. The van der Waals surface area contributed by atoms with Gasteiger partial charge in [0.25, 0.3) is 0 Å². The van der Waals surface area contributed by atoms with Gasteiger partial charge in [0.1, 0.15) is 24.3 Å². The first-order valence-corrected chi connectivity index (χ1v) is 8.15. The van der Waals surface area contributed by atoms with Gasteiger partial charge in [0, 0.05) is 50.6 Å². The minimum absolute atomic E-state index is 0.286. The van der Waals surface area contributed by atoms with Crippen LogP contribution in [0.25, 0.3) is 5.82 Å². The zero-order valence-corrected chi connectivity index (χ0v) is 13.0. The van der Waals surface area contributed by atoms with Crippen molar-refractivity contribution in [2.45, 2.75) is 19.3 Å². The number of carbonyl (C=O) groups excluding carboxylic acids is 1. The van der Waals surface area contributed by atoms with Crippen LogP contribution in [0.3, 0.4) is 0 Å². The second-order valence-corrected chi connectivity index (χ2v) is 6.14. The van der Waals surface area contributed by atoms with Crippen molar-refractivity contribution >= 4 is 11.7 Å². The molecule has 0 bridgehead atoms. The molecule has 2 aromatic heterocycles. The minimum Gasteiger partial charge on any atom is -0.353 e. The Labute approximate surface area is 135 Å². The van der Waals surface area contributed by atoms with Crippen LogP contribution in [0.15, 0.2) is 31.1 Å². The maximum atomic E-state index is 12.3. The van der Waals surface area contributed by atoms with Gasteiger partial charge >= 0.3 is 0 Å². The summed E-state index contributed by atoms with van der Waals surface area (Å²) in [5.74, 6) is 2.34. The lowest BCUT2D eigenvalue weighted by atomic mass is 9.84. The Hall–Kier alpha value is -2.44. The topological polar surface area (TPSA) is 67.2 Å². The summed E-state index contributed by atoms with van der Waals surface area (Å²) in [6.45, 7) is 3.19. The van der Waals surface area contributed by atoms with Gasteiger partial charge in [-0.25, -0.2) is 15.0 Å². The van der Waals surface area contributed by atoms with E-state index >= 15 is 0 Å². The Bertz CT molecular complexity index is 674. The third-order valence-electron chi connectivity index (χ3n) is 4.78. The Morgan fingerprint density at radius 3 is 2.52 bits per heavy atom. The van der Waals surface area contributed by atoms with Crippen LogP contribution in [0.2, 0.25) is 0 Å². The number of hydrogen-bond donors (Lipinski definition) is 0. The molecule has 1 aliphatic carbocycles. The maximum absolute atomic E-state index is 12.3. The largest absolute Gasteiger partial charge is 0.353 e. The van der Waals surface area contributed by atoms with Crippen LogP contribution in [-0.2, 0) is 4.79 Å². The second kappa shape index (κ2) is 5.98. The molecule has 0 spiro atoms. The Balaban J connectivity index is 1.42. The summed E-state index contributed by atoms with van der Waals surface area (Å²) in [5.41, 5.74) is 0. The first-order chi connectivity index (χ1) is 11.3. The molecular weight excluding hydrogens is 292 g/mol. The van der Waals surface area contributed by atoms with E-state index in [4.69, 9.17) is 0 Å². The highest BCUT2D eigenvalue weighted by molar-refractivity contribution is 5.79. The number of imidazole rings is 1. The standard InChI is InChI=1S/C16H20N6O/c23-16(13-2-1-3-13)21-8-6-20(7-9-21)14-10-15(19-11-18-14)22-5-4-17-12-22/h4-5,10-13H,1-3,6-9H2. The number of anilines is 1. The van der Waals surface area contributed by atoms with Crippen LogP contribution in [0.5, 0.6) is 0 Å². The Morgan fingerprint density at radius 2 is 1.87 bits per heavy atom. The lowest BCUT2D eigenvalue weighted by Gasteiger charge is -2.38. The highest BCUT2D eigenvalue weighted by Crippen LogP contribution is 2.28. The summed E-state index contributed by atoms with van der Waals surface area (Å²) in [7, 11) is 0. The fourth-order valence-corrected chi connectivity index (χ4v) is 3.12. The van der Waals surface area contributed by atoms with Gasteiger partial charge in [-0.1, -0.05) is 6.42 Å². The van der Waals surface area contributed by atoms with Gasteiger partial charge in [0.15, 0.2) is 0 Å². The zero-order valence-electron chi connectivity index (χ0n) is 13.0. The van der Waals surface area contributed by atoms with Crippen molar-refractivity contribution in [1.29, 1.82) is 0 Å². The first kappa shape index (κ1) is 14.2. The molecule has 120 valence electrons. The first-order valence-electron chi connectivity index (χ1n) is 8.15. The summed E-state index contributed by atoms with van der Waals surface area (Å²) >= 11 is 0. The van der Waals surface area contributed by atoms with E-state index in [0.717, 1.165) is 50.7 Å². The maximum Gasteiger partial charge on any atom is 0.225 e. The van der Waals surface area contributed by atoms with Crippen molar-refractivity contribution in [2.24, 2.45) is 5.92 Å². The SMILES string of the molecule is O=C(C1CCC1)N1CCN(c2cc(-n3ccnc3)ncn2)CC1. The summed E-state index contributed by atoms with van der Waals surface area (Å²) < 4.78 is 1.86.